The van der Waals surface area contributed by atoms with Gasteiger partial charge >= 0.3 is 0 Å². The molecule has 0 unspecified atom stereocenters. The van der Waals surface area contributed by atoms with Gasteiger partial charge in [-0.2, -0.15) is 0 Å². The van der Waals surface area contributed by atoms with Crippen LogP contribution in [0.3, 0.4) is 0 Å². The summed E-state index contributed by atoms with van der Waals surface area (Å²) in [5.74, 6) is -3.47. The maximum absolute atomic E-state index is 14.6. The number of hydrogen-bond donors (Lipinski definition) is 1. The van der Waals surface area contributed by atoms with Crippen molar-refractivity contribution in [2.45, 2.75) is 12.9 Å². The van der Waals surface area contributed by atoms with Gasteiger partial charge < -0.3 is 9.67 Å². The maximum Gasteiger partial charge on any atom is 0.300 e. The van der Waals surface area contributed by atoms with Gasteiger partial charge in [0.05, 0.1) is 0 Å². The average molecular weight is 678 g/mol. The Kier molecular flexibility index (Phi) is 12.8. The van der Waals surface area contributed by atoms with E-state index in [2.05, 4.69) is 18.2 Å². The fourth-order valence-electron chi connectivity index (χ4n) is 3.58. The number of carbonyl (C=O) groups excluding carboxylic acids is 1. The fraction of sp³-hybridized carbons (Fsp3) is 0.0690. The van der Waals surface area contributed by atoms with Crippen LogP contribution in [-0.2, 0) is 9.36 Å². The summed E-state index contributed by atoms with van der Waals surface area (Å²) >= 11 is 0. The molecule has 38 heavy (non-hydrogen) atoms. The molecule has 0 bridgehead atoms. The summed E-state index contributed by atoms with van der Waals surface area (Å²) in [7, 11) is -2.98. The molecule has 197 valence electrons. The Morgan fingerprint density at radius 1 is 0.658 bits per heavy atom. The molecule has 4 rings (SSSR count). The van der Waals surface area contributed by atoms with Crippen molar-refractivity contribution < 1.29 is 81.4 Å². The Morgan fingerprint density at radius 3 is 1.53 bits per heavy atom. The molecule has 1 radical (unpaired) electrons. The SMILES string of the molecule is O=C(/C=C(\O)C(F)F)C(F)F.O=P(c1ccccc1)(c1ccccc1)c1ccccc1-c1ccccc1.[Eu]. The Balaban J connectivity index is 0.000000362. The van der Waals surface area contributed by atoms with E-state index in [0.29, 0.717) is 0 Å². The zero-order chi connectivity index (χ0) is 26.8. The topological polar surface area (TPSA) is 54.4 Å². The zero-order valence-corrected chi connectivity index (χ0v) is 23.1. The molecule has 0 aliphatic heterocycles. The van der Waals surface area contributed by atoms with Crippen molar-refractivity contribution in [1.82, 2.24) is 0 Å². The number of benzene rings is 4. The zero-order valence-electron chi connectivity index (χ0n) is 19.8. The van der Waals surface area contributed by atoms with Crippen molar-refractivity contribution in [1.29, 1.82) is 0 Å². The summed E-state index contributed by atoms with van der Waals surface area (Å²) in [5, 5.41) is 10.7. The molecular formula is C29H23EuF4O3P. The predicted octanol–water partition coefficient (Wildman–Crippen LogP) is 6.52. The van der Waals surface area contributed by atoms with Crippen LogP contribution in [0.15, 0.2) is 127 Å². The van der Waals surface area contributed by atoms with Gasteiger partial charge in [-0.15, -0.1) is 0 Å². The normalized spacial score (nSPS) is 11.4. The number of carbonyl (C=O) groups is 1. The molecule has 0 atom stereocenters. The standard InChI is InChI=1S/C24H19OP.C5H4F4O2.Eu/c25-26(21-14-6-2-7-15-21,22-16-8-3-9-17-22)24-19-11-10-18-23(24)20-12-4-1-5-13-20;6-4(7)2(10)1-3(11)5(8)9;/h1-19H;1,4-5,10H;/b;2-1-;. The summed E-state index contributed by atoms with van der Waals surface area (Å²) in [6.45, 7) is 0. The molecule has 0 aliphatic carbocycles. The molecule has 9 heteroatoms. The molecule has 0 aliphatic rings. The van der Waals surface area contributed by atoms with E-state index >= 15 is 0 Å². The van der Waals surface area contributed by atoms with Crippen LogP contribution < -0.4 is 15.9 Å². The van der Waals surface area contributed by atoms with Crippen molar-refractivity contribution in [3.8, 4) is 11.1 Å². The first kappa shape index (κ1) is 31.8. The minimum Gasteiger partial charge on any atom is -0.506 e. The molecule has 0 amide bonds. The van der Waals surface area contributed by atoms with Crippen LogP contribution >= 0.6 is 7.14 Å². The van der Waals surface area contributed by atoms with Crippen LogP contribution in [0, 0.1) is 49.4 Å². The molecule has 0 spiro atoms. The Hall–Kier alpha value is -2.38. The summed E-state index contributed by atoms with van der Waals surface area (Å²) in [5.41, 5.74) is 2.10. The summed E-state index contributed by atoms with van der Waals surface area (Å²) < 4.78 is 59.9. The second-order valence-electron chi connectivity index (χ2n) is 7.74. The second-order valence-corrected chi connectivity index (χ2v) is 10.5. The fourth-order valence-corrected chi connectivity index (χ4v) is 6.46. The van der Waals surface area contributed by atoms with Gasteiger partial charge in [-0.25, -0.2) is 17.6 Å². The third-order valence-electron chi connectivity index (χ3n) is 5.30. The number of hydrogen-bond acceptors (Lipinski definition) is 3. The maximum atomic E-state index is 14.6. The number of alkyl halides is 4. The van der Waals surface area contributed by atoms with E-state index in [1.54, 1.807) is 0 Å². The smallest absolute Gasteiger partial charge is 0.300 e. The summed E-state index contributed by atoms with van der Waals surface area (Å²) in [6, 6.07) is 37.8. The molecule has 3 nitrogen and oxygen atoms in total. The first-order valence-electron chi connectivity index (χ1n) is 11.1. The molecule has 0 fully saturated rings. The summed E-state index contributed by atoms with van der Waals surface area (Å²) in [4.78, 5) is 9.94. The molecule has 1 N–H and O–H groups in total. The molecule has 0 saturated carbocycles. The van der Waals surface area contributed by atoms with Crippen LogP contribution in [0.2, 0.25) is 0 Å². The van der Waals surface area contributed by atoms with Gasteiger partial charge in [-0.1, -0.05) is 115 Å². The van der Waals surface area contributed by atoms with Gasteiger partial charge in [0.1, 0.15) is 0 Å². The Bertz CT molecular complexity index is 1340. The molecular weight excluding hydrogens is 655 g/mol. The number of aliphatic hydroxyl groups excluding tert-OH is 1. The Labute approximate surface area is 259 Å². The van der Waals surface area contributed by atoms with Crippen LogP contribution in [0.4, 0.5) is 17.6 Å². The van der Waals surface area contributed by atoms with Gasteiger partial charge in [0.15, 0.2) is 12.9 Å². The van der Waals surface area contributed by atoms with Gasteiger partial charge in [0.2, 0.25) is 5.78 Å². The van der Waals surface area contributed by atoms with E-state index in [0.717, 1.165) is 27.0 Å². The van der Waals surface area contributed by atoms with Gasteiger partial charge in [-0.05, 0) is 11.1 Å². The van der Waals surface area contributed by atoms with Crippen molar-refractivity contribution in [2.24, 2.45) is 0 Å². The summed E-state index contributed by atoms with van der Waals surface area (Å²) in [6.07, 6.45) is -6.84. The van der Waals surface area contributed by atoms with E-state index in [4.69, 9.17) is 5.11 Å². The van der Waals surface area contributed by atoms with E-state index in [9.17, 15) is 26.9 Å². The van der Waals surface area contributed by atoms with E-state index in [1.807, 2.05) is 97.1 Å². The van der Waals surface area contributed by atoms with Crippen LogP contribution in [0.25, 0.3) is 11.1 Å². The number of ketones is 1. The van der Waals surface area contributed by atoms with Crippen molar-refractivity contribution in [2.75, 3.05) is 0 Å². The Morgan fingerprint density at radius 2 is 1.08 bits per heavy atom. The number of allylic oxidation sites excluding steroid dienone is 2. The third-order valence-corrected chi connectivity index (χ3v) is 8.42. The number of rotatable bonds is 7. The van der Waals surface area contributed by atoms with Crippen molar-refractivity contribution in [3.63, 3.8) is 0 Å². The van der Waals surface area contributed by atoms with E-state index in [1.165, 1.54) is 0 Å². The average Bonchev–Trinajstić information content (AvgIpc) is 2.94. The molecule has 4 aromatic rings. The minimum absolute atomic E-state index is 0. The first-order valence-corrected chi connectivity index (χ1v) is 12.8. The molecule has 4 aromatic carbocycles. The monoisotopic (exact) mass is 679 g/mol. The van der Waals surface area contributed by atoms with Gasteiger partial charge in [0.25, 0.3) is 12.9 Å². The van der Waals surface area contributed by atoms with Crippen molar-refractivity contribution >= 4 is 28.8 Å². The largest absolute Gasteiger partial charge is 0.506 e. The predicted molar refractivity (Wildman–Crippen MR) is 139 cm³/mol. The molecule has 0 heterocycles. The molecule has 0 saturated heterocycles. The van der Waals surface area contributed by atoms with Crippen LogP contribution in [-0.4, -0.2) is 23.7 Å². The number of halogens is 4. The van der Waals surface area contributed by atoms with Gasteiger partial charge in [-0.3, -0.25) is 4.79 Å². The first-order chi connectivity index (χ1) is 17.7. The number of aliphatic hydroxyl groups is 1. The quantitative estimate of drug-likeness (QED) is 0.105. The van der Waals surface area contributed by atoms with Gasteiger partial charge in [0, 0.05) is 71.4 Å². The second kappa shape index (κ2) is 15.3. The van der Waals surface area contributed by atoms with E-state index in [-0.39, 0.29) is 55.5 Å². The van der Waals surface area contributed by atoms with Crippen LogP contribution in [0.5, 0.6) is 0 Å². The van der Waals surface area contributed by atoms with Crippen LogP contribution in [0.1, 0.15) is 0 Å². The molecule has 0 aromatic heterocycles. The van der Waals surface area contributed by atoms with Crippen molar-refractivity contribution in [3.05, 3.63) is 127 Å². The van der Waals surface area contributed by atoms with E-state index < -0.39 is 31.5 Å². The third kappa shape index (κ3) is 8.06. The minimum atomic E-state index is -3.36.